The molecule has 0 saturated carbocycles. The summed E-state index contributed by atoms with van der Waals surface area (Å²) in [4.78, 5) is 13.9. The predicted molar refractivity (Wildman–Crippen MR) is 58.7 cm³/mol. The highest BCUT2D eigenvalue weighted by atomic mass is 16.5. The Hall–Kier alpha value is -0.650. The highest BCUT2D eigenvalue weighted by molar-refractivity contribution is 5.81. The van der Waals surface area contributed by atoms with E-state index in [0.29, 0.717) is 13.1 Å². The molecule has 2 saturated heterocycles. The molecule has 0 aromatic heterocycles. The van der Waals surface area contributed by atoms with Crippen LogP contribution in [0.5, 0.6) is 0 Å². The lowest BCUT2D eigenvalue weighted by Gasteiger charge is -2.20. The molecule has 0 bridgehead atoms. The zero-order valence-electron chi connectivity index (χ0n) is 9.47. The Morgan fingerprint density at radius 2 is 2.25 bits per heavy atom. The average Bonchev–Trinajstić information content (AvgIpc) is 2.97. The molecule has 3 N–H and O–H groups in total. The molecule has 16 heavy (non-hydrogen) atoms. The Bertz CT molecular complexity index is 236. The first kappa shape index (κ1) is 11.8. The second-order valence-corrected chi connectivity index (χ2v) is 4.68. The molecule has 0 radical (unpaired) electrons. The van der Waals surface area contributed by atoms with E-state index < -0.39 is 0 Å². The summed E-state index contributed by atoms with van der Waals surface area (Å²) in [6.07, 6.45) is 2.30. The number of rotatable bonds is 3. The zero-order valence-corrected chi connectivity index (χ0v) is 9.47. The quantitative estimate of drug-likeness (QED) is 0.672. The van der Waals surface area contributed by atoms with Crippen LogP contribution >= 0.6 is 0 Å². The fourth-order valence-electron chi connectivity index (χ4n) is 2.45. The minimum atomic E-state index is -0.300. The monoisotopic (exact) mass is 228 g/mol. The third-order valence-corrected chi connectivity index (χ3v) is 3.50. The van der Waals surface area contributed by atoms with Crippen LogP contribution in [0.15, 0.2) is 0 Å². The van der Waals surface area contributed by atoms with Gasteiger partial charge in [-0.05, 0) is 19.3 Å². The number of nitrogens with two attached hydrogens (primary N) is 1. The number of amides is 1. The van der Waals surface area contributed by atoms with Crippen molar-refractivity contribution in [2.75, 3.05) is 26.2 Å². The van der Waals surface area contributed by atoms with Gasteiger partial charge in [0.2, 0.25) is 0 Å². The molecule has 0 aromatic carbocycles. The summed E-state index contributed by atoms with van der Waals surface area (Å²) in [6, 6.07) is 0. The molecule has 5 nitrogen and oxygen atoms in total. The fourth-order valence-corrected chi connectivity index (χ4v) is 2.45. The Kier molecular flexibility index (Phi) is 3.78. The van der Waals surface area contributed by atoms with Gasteiger partial charge in [-0.25, -0.2) is 0 Å². The molecular weight excluding hydrogens is 208 g/mol. The molecule has 3 atom stereocenters. The molecule has 3 unspecified atom stereocenters. The summed E-state index contributed by atoms with van der Waals surface area (Å²) in [5, 5.41) is 9.03. The number of hydrogen-bond donors (Lipinski definition) is 2. The minimum absolute atomic E-state index is 0.0465. The van der Waals surface area contributed by atoms with Crippen LogP contribution < -0.4 is 5.73 Å². The third-order valence-electron chi connectivity index (χ3n) is 3.50. The first-order valence-electron chi connectivity index (χ1n) is 5.99. The van der Waals surface area contributed by atoms with Gasteiger partial charge in [-0.1, -0.05) is 0 Å². The van der Waals surface area contributed by atoms with Crippen molar-refractivity contribution < 1.29 is 14.6 Å². The Labute approximate surface area is 95.5 Å². The molecule has 2 aliphatic heterocycles. The molecule has 2 fully saturated rings. The molecular formula is C11H20N2O3. The van der Waals surface area contributed by atoms with Crippen LogP contribution in [0.1, 0.15) is 19.3 Å². The number of likely N-dealkylation sites (tertiary alicyclic amines) is 1. The van der Waals surface area contributed by atoms with Gasteiger partial charge in [0.05, 0.1) is 6.10 Å². The fraction of sp³-hybridized carbons (Fsp3) is 0.909. The summed E-state index contributed by atoms with van der Waals surface area (Å²) in [6.45, 7) is 2.07. The van der Waals surface area contributed by atoms with Crippen molar-refractivity contribution >= 4 is 5.91 Å². The normalized spacial score (nSPS) is 34.6. The Morgan fingerprint density at radius 3 is 2.81 bits per heavy atom. The number of ether oxygens (including phenoxy) is 1. The van der Waals surface area contributed by atoms with Crippen LogP contribution in [-0.4, -0.2) is 54.4 Å². The lowest BCUT2D eigenvalue weighted by molar-refractivity contribution is -0.141. The van der Waals surface area contributed by atoms with Gasteiger partial charge in [0.25, 0.3) is 5.91 Å². The predicted octanol–water partition coefficient (Wildman–Crippen LogP) is -0.667. The SMILES string of the molecule is NCC1CCC(C(=O)N2CCC(CO)C2)O1. The van der Waals surface area contributed by atoms with Gasteiger partial charge in [-0.15, -0.1) is 0 Å². The van der Waals surface area contributed by atoms with Gasteiger partial charge in [0.1, 0.15) is 6.10 Å². The van der Waals surface area contributed by atoms with Crippen LogP contribution in [0, 0.1) is 5.92 Å². The van der Waals surface area contributed by atoms with E-state index in [1.54, 1.807) is 0 Å². The van der Waals surface area contributed by atoms with Crippen molar-refractivity contribution in [2.24, 2.45) is 11.7 Å². The van der Waals surface area contributed by atoms with Gasteiger partial charge in [0.15, 0.2) is 0 Å². The van der Waals surface area contributed by atoms with Gasteiger partial charge >= 0.3 is 0 Å². The molecule has 2 heterocycles. The second kappa shape index (κ2) is 5.12. The molecule has 2 aliphatic rings. The summed E-state index contributed by atoms with van der Waals surface area (Å²) in [5.74, 6) is 0.322. The van der Waals surface area contributed by atoms with Crippen molar-refractivity contribution in [1.29, 1.82) is 0 Å². The lowest BCUT2D eigenvalue weighted by atomic mass is 10.1. The molecule has 2 rings (SSSR count). The van der Waals surface area contributed by atoms with Crippen molar-refractivity contribution in [1.82, 2.24) is 4.90 Å². The maximum Gasteiger partial charge on any atom is 0.251 e. The summed E-state index contributed by atoms with van der Waals surface area (Å²) in [7, 11) is 0. The minimum Gasteiger partial charge on any atom is -0.396 e. The zero-order chi connectivity index (χ0) is 11.5. The molecule has 1 amide bonds. The van der Waals surface area contributed by atoms with Crippen LogP contribution in [0.3, 0.4) is 0 Å². The smallest absolute Gasteiger partial charge is 0.251 e. The van der Waals surface area contributed by atoms with Crippen LogP contribution in [0.25, 0.3) is 0 Å². The average molecular weight is 228 g/mol. The number of hydrogen-bond acceptors (Lipinski definition) is 4. The summed E-state index contributed by atoms with van der Waals surface area (Å²) < 4.78 is 5.57. The van der Waals surface area contributed by atoms with Gasteiger partial charge in [-0.2, -0.15) is 0 Å². The largest absolute Gasteiger partial charge is 0.396 e. The van der Waals surface area contributed by atoms with Gasteiger partial charge in [0, 0.05) is 32.2 Å². The van der Waals surface area contributed by atoms with E-state index >= 15 is 0 Å². The van der Waals surface area contributed by atoms with E-state index in [9.17, 15) is 4.79 Å². The van der Waals surface area contributed by atoms with Gasteiger partial charge in [-0.3, -0.25) is 4.79 Å². The molecule has 92 valence electrons. The number of carbonyl (C=O) groups excluding carboxylic acids is 1. The summed E-state index contributed by atoms with van der Waals surface area (Å²) in [5.41, 5.74) is 5.51. The Balaban J connectivity index is 1.84. The van der Waals surface area contributed by atoms with E-state index in [0.717, 1.165) is 25.8 Å². The lowest BCUT2D eigenvalue weighted by Crippen LogP contribution is -2.38. The summed E-state index contributed by atoms with van der Waals surface area (Å²) >= 11 is 0. The van der Waals surface area contributed by atoms with E-state index in [-0.39, 0.29) is 30.6 Å². The second-order valence-electron chi connectivity index (χ2n) is 4.68. The molecule has 0 spiro atoms. The number of carbonyl (C=O) groups is 1. The maximum atomic E-state index is 12.0. The van der Waals surface area contributed by atoms with Gasteiger partial charge < -0.3 is 20.5 Å². The van der Waals surface area contributed by atoms with E-state index in [1.165, 1.54) is 0 Å². The first-order chi connectivity index (χ1) is 7.74. The molecule has 0 aliphatic carbocycles. The van der Waals surface area contributed by atoms with Crippen LogP contribution in [-0.2, 0) is 9.53 Å². The highest BCUT2D eigenvalue weighted by Gasteiger charge is 2.35. The number of aliphatic hydroxyl groups excluding tert-OH is 1. The standard InChI is InChI=1S/C11H20N2O3/c12-5-9-1-2-10(16-9)11(15)13-4-3-8(6-13)7-14/h8-10,14H,1-7,12H2. The van der Waals surface area contributed by atoms with Crippen molar-refractivity contribution in [3.63, 3.8) is 0 Å². The van der Waals surface area contributed by atoms with Crippen molar-refractivity contribution in [3.05, 3.63) is 0 Å². The van der Waals surface area contributed by atoms with E-state index in [4.69, 9.17) is 15.6 Å². The third kappa shape index (κ3) is 2.36. The molecule has 5 heteroatoms. The topological polar surface area (TPSA) is 75.8 Å². The Morgan fingerprint density at radius 1 is 1.44 bits per heavy atom. The number of aliphatic hydroxyl groups is 1. The van der Waals surface area contributed by atoms with Crippen LogP contribution in [0.2, 0.25) is 0 Å². The first-order valence-corrected chi connectivity index (χ1v) is 5.99. The molecule has 0 aromatic rings. The van der Waals surface area contributed by atoms with Crippen LogP contribution in [0.4, 0.5) is 0 Å². The van der Waals surface area contributed by atoms with E-state index in [1.807, 2.05) is 4.90 Å². The van der Waals surface area contributed by atoms with E-state index in [2.05, 4.69) is 0 Å². The van der Waals surface area contributed by atoms with Crippen molar-refractivity contribution in [3.8, 4) is 0 Å². The maximum absolute atomic E-state index is 12.0. The van der Waals surface area contributed by atoms with Crippen molar-refractivity contribution in [2.45, 2.75) is 31.5 Å². The number of nitrogens with zero attached hydrogens (tertiary/aromatic N) is 1. The highest BCUT2D eigenvalue weighted by Crippen LogP contribution is 2.23.